The summed E-state index contributed by atoms with van der Waals surface area (Å²) < 4.78 is 0. The van der Waals surface area contributed by atoms with Gasteiger partial charge in [0.2, 0.25) is 11.9 Å². The van der Waals surface area contributed by atoms with E-state index in [1.54, 1.807) is 43.3 Å². The van der Waals surface area contributed by atoms with Crippen LogP contribution in [0.1, 0.15) is 11.4 Å². The number of benzene rings is 1. The quantitative estimate of drug-likeness (QED) is 0.867. The van der Waals surface area contributed by atoms with E-state index in [9.17, 15) is 5.26 Å². The average Bonchev–Trinajstić information content (AvgIpc) is 2.47. The molecule has 0 amide bonds. The van der Waals surface area contributed by atoms with Crippen LogP contribution in [-0.4, -0.2) is 29.0 Å². The van der Waals surface area contributed by atoms with Crippen molar-refractivity contribution in [3.63, 3.8) is 0 Å². The molecule has 0 bridgehead atoms. The molecule has 0 saturated carbocycles. The zero-order valence-electron chi connectivity index (χ0n) is 11.9. The van der Waals surface area contributed by atoms with Crippen LogP contribution in [-0.2, 0) is 0 Å². The number of nitrogens with zero attached hydrogens (tertiary/aromatic N) is 5. The minimum absolute atomic E-state index is 0.0454. The van der Waals surface area contributed by atoms with E-state index in [2.05, 4.69) is 21.0 Å². The zero-order valence-corrected chi connectivity index (χ0v) is 13.4. The van der Waals surface area contributed by atoms with Gasteiger partial charge in [-0.1, -0.05) is 29.3 Å². The van der Waals surface area contributed by atoms with Crippen LogP contribution in [0.5, 0.6) is 0 Å². The number of nitriles is 1. The van der Waals surface area contributed by atoms with Crippen LogP contribution in [0.15, 0.2) is 18.2 Å². The molecule has 6 nitrogen and oxygen atoms in total. The van der Waals surface area contributed by atoms with Gasteiger partial charge >= 0.3 is 0 Å². The van der Waals surface area contributed by atoms with Gasteiger partial charge in [-0.2, -0.15) is 20.2 Å². The molecule has 0 atom stereocenters. The Balaban J connectivity index is 2.50. The van der Waals surface area contributed by atoms with Crippen LogP contribution < -0.4 is 10.6 Å². The van der Waals surface area contributed by atoms with Gasteiger partial charge in [0.25, 0.3) is 0 Å². The molecule has 0 spiro atoms. The maximum absolute atomic E-state index is 9.35. The first-order chi connectivity index (χ1) is 10.4. The summed E-state index contributed by atoms with van der Waals surface area (Å²) in [6.45, 7) is 0. The molecule has 0 saturated heterocycles. The SMILES string of the molecule is CN(C)c1nc(N)nc(/C(C#N)=C/c2ccc(Cl)c(Cl)c2)n1. The van der Waals surface area contributed by atoms with Crippen molar-refractivity contribution in [3.8, 4) is 6.07 Å². The third-order valence-electron chi connectivity index (χ3n) is 2.66. The van der Waals surface area contributed by atoms with E-state index in [-0.39, 0.29) is 17.3 Å². The van der Waals surface area contributed by atoms with E-state index in [0.29, 0.717) is 21.6 Å². The van der Waals surface area contributed by atoms with Gasteiger partial charge < -0.3 is 10.6 Å². The Morgan fingerprint density at radius 2 is 1.95 bits per heavy atom. The largest absolute Gasteiger partial charge is 0.368 e. The third-order valence-corrected chi connectivity index (χ3v) is 3.40. The fraction of sp³-hybridized carbons (Fsp3) is 0.143. The molecule has 1 heterocycles. The van der Waals surface area contributed by atoms with Crippen LogP contribution in [0.4, 0.5) is 11.9 Å². The molecule has 0 aliphatic carbocycles. The summed E-state index contributed by atoms with van der Waals surface area (Å²) in [4.78, 5) is 13.9. The Labute approximate surface area is 137 Å². The Morgan fingerprint density at radius 3 is 2.55 bits per heavy atom. The van der Waals surface area contributed by atoms with E-state index < -0.39 is 0 Å². The lowest BCUT2D eigenvalue weighted by atomic mass is 10.1. The van der Waals surface area contributed by atoms with Gasteiger partial charge in [0.15, 0.2) is 5.82 Å². The van der Waals surface area contributed by atoms with Gasteiger partial charge in [0.1, 0.15) is 6.07 Å². The van der Waals surface area contributed by atoms with Crippen molar-refractivity contribution in [3.05, 3.63) is 39.6 Å². The number of aromatic nitrogens is 3. The van der Waals surface area contributed by atoms with Gasteiger partial charge in [-0.15, -0.1) is 0 Å². The molecule has 8 heteroatoms. The summed E-state index contributed by atoms with van der Waals surface area (Å²) in [5.41, 5.74) is 6.61. The van der Waals surface area contributed by atoms with Crippen LogP contribution >= 0.6 is 23.2 Å². The lowest BCUT2D eigenvalue weighted by Crippen LogP contribution is -2.15. The van der Waals surface area contributed by atoms with E-state index in [0.717, 1.165) is 0 Å². The highest BCUT2D eigenvalue weighted by Gasteiger charge is 2.11. The lowest BCUT2D eigenvalue weighted by molar-refractivity contribution is 0.952. The number of nitrogens with two attached hydrogens (primary N) is 1. The van der Waals surface area contributed by atoms with Crippen LogP contribution in [0, 0.1) is 11.3 Å². The molecular weight excluding hydrogens is 323 g/mol. The predicted octanol–water partition coefficient (Wildman–Crippen LogP) is 2.89. The van der Waals surface area contributed by atoms with Crippen molar-refractivity contribution in [1.29, 1.82) is 5.26 Å². The predicted molar refractivity (Wildman–Crippen MR) is 88.5 cm³/mol. The smallest absolute Gasteiger partial charge is 0.230 e. The minimum Gasteiger partial charge on any atom is -0.368 e. The van der Waals surface area contributed by atoms with E-state index in [1.165, 1.54) is 0 Å². The second kappa shape index (κ2) is 6.60. The number of hydrogen-bond donors (Lipinski definition) is 1. The van der Waals surface area contributed by atoms with Crippen molar-refractivity contribution < 1.29 is 0 Å². The third kappa shape index (κ3) is 3.64. The number of nitrogen functional groups attached to an aromatic ring is 1. The first kappa shape index (κ1) is 16.0. The molecule has 1 aromatic heterocycles. The van der Waals surface area contributed by atoms with Gasteiger partial charge in [0, 0.05) is 14.1 Å². The van der Waals surface area contributed by atoms with Crippen molar-refractivity contribution in [2.24, 2.45) is 0 Å². The summed E-state index contributed by atoms with van der Waals surface area (Å²) in [7, 11) is 3.54. The summed E-state index contributed by atoms with van der Waals surface area (Å²) >= 11 is 11.8. The minimum atomic E-state index is 0.0454. The van der Waals surface area contributed by atoms with E-state index in [1.807, 2.05) is 0 Å². The summed E-state index contributed by atoms with van der Waals surface area (Å²) in [6, 6.07) is 7.09. The Kier molecular flexibility index (Phi) is 4.81. The molecule has 22 heavy (non-hydrogen) atoms. The zero-order chi connectivity index (χ0) is 16.3. The molecule has 2 aromatic rings. The standard InChI is InChI=1S/C14H12Cl2N6/c1-22(2)14-20-12(19-13(18)21-14)9(7-17)5-8-3-4-10(15)11(16)6-8/h3-6H,1-2H3,(H2,18,19,20,21)/b9-5+. The van der Waals surface area contributed by atoms with Crippen LogP contribution in [0.2, 0.25) is 10.0 Å². The normalized spacial score (nSPS) is 11.1. The van der Waals surface area contributed by atoms with Crippen molar-refractivity contribution >= 4 is 46.7 Å². The topological polar surface area (TPSA) is 91.7 Å². The van der Waals surface area contributed by atoms with Crippen molar-refractivity contribution in [2.45, 2.75) is 0 Å². The van der Waals surface area contributed by atoms with E-state index >= 15 is 0 Å². The van der Waals surface area contributed by atoms with Crippen LogP contribution in [0.25, 0.3) is 11.6 Å². The van der Waals surface area contributed by atoms with Crippen molar-refractivity contribution in [1.82, 2.24) is 15.0 Å². The number of allylic oxidation sites excluding steroid dienone is 1. The van der Waals surface area contributed by atoms with Gasteiger partial charge in [0.05, 0.1) is 15.6 Å². The monoisotopic (exact) mass is 334 g/mol. The fourth-order valence-electron chi connectivity index (χ4n) is 1.62. The van der Waals surface area contributed by atoms with Crippen LogP contribution in [0.3, 0.4) is 0 Å². The highest BCUT2D eigenvalue weighted by molar-refractivity contribution is 6.42. The Hall–Kier alpha value is -2.36. The Morgan fingerprint density at radius 1 is 1.23 bits per heavy atom. The van der Waals surface area contributed by atoms with E-state index in [4.69, 9.17) is 28.9 Å². The number of rotatable bonds is 3. The highest BCUT2D eigenvalue weighted by Crippen LogP contribution is 2.25. The fourth-order valence-corrected chi connectivity index (χ4v) is 1.92. The molecule has 1 aromatic carbocycles. The molecule has 2 N–H and O–H groups in total. The summed E-state index contributed by atoms with van der Waals surface area (Å²) in [5, 5.41) is 10.2. The summed E-state index contributed by atoms with van der Waals surface area (Å²) in [6.07, 6.45) is 1.61. The highest BCUT2D eigenvalue weighted by atomic mass is 35.5. The number of hydrogen-bond acceptors (Lipinski definition) is 6. The second-order valence-corrected chi connectivity index (χ2v) is 5.37. The second-order valence-electron chi connectivity index (χ2n) is 4.56. The molecule has 112 valence electrons. The molecule has 0 fully saturated rings. The van der Waals surface area contributed by atoms with Gasteiger partial charge in [-0.05, 0) is 23.8 Å². The van der Waals surface area contributed by atoms with Crippen molar-refractivity contribution in [2.75, 3.05) is 24.7 Å². The Bertz CT molecular complexity index is 779. The number of halogens is 2. The molecular formula is C14H12Cl2N6. The lowest BCUT2D eigenvalue weighted by Gasteiger charge is -2.11. The first-order valence-electron chi connectivity index (χ1n) is 6.17. The molecule has 0 aliphatic heterocycles. The summed E-state index contributed by atoms with van der Waals surface area (Å²) in [5.74, 6) is 0.617. The first-order valence-corrected chi connectivity index (χ1v) is 6.92. The van der Waals surface area contributed by atoms with Gasteiger partial charge in [-0.3, -0.25) is 0 Å². The molecule has 2 rings (SSSR count). The average molecular weight is 335 g/mol. The molecule has 0 radical (unpaired) electrons. The maximum atomic E-state index is 9.35. The molecule has 0 unspecified atom stereocenters. The molecule has 0 aliphatic rings. The number of anilines is 2. The van der Waals surface area contributed by atoms with Gasteiger partial charge in [-0.25, -0.2) is 0 Å². The maximum Gasteiger partial charge on any atom is 0.230 e.